The smallest absolute Gasteiger partial charge is 0.422 e. The van der Waals surface area contributed by atoms with Gasteiger partial charge in [0, 0.05) is 25.6 Å². The first-order chi connectivity index (χ1) is 11.1. The fourth-order valence-electron chi connectivity index (χ4n) is 2.15. The summed E-state index contributed by atoms with van der Waals surface area (Å²) in [4.78, 5) is 33.5. The van der Waals surface area contributed by atoms with E-state index in [9.17, 15) is 9.59 Å². The quantitative estimate of drug-likeness (QED) is 0.835. The summed E-state index contributed by atoms with van der Waals surface area (Å²) in [5, 5.41) is 0. The van der Waals surface area contributed by atoms with Crippen LogP contribution in [0.3, 0.4) is 0 Å². The van der Waals surface area contributed by atoms with E-state index in [0.29, 0.717) is 17.3 Å². The van der Waals surface area contributed by atoms with Gasteiger partial charge in [-0.05, 0) is 39.8 Å². The van der Waals surface area contributed by atoms with Crippen LogP contribution in [0, 0.1) is 13.8 Å². The van der Waals surface area contributed by atoms with E-state index >= 15 is 0 Å². The number of nitrogens with zero attached hydrogens (tertiary/aromatic N) is 3. The second-order valence-electron chi connectivity index (χ2n) is 6.38. The summed E-state index contributed by atoms with van der Waals surface area (Å²) in [6, 6.07) is 3.30. The number of amides is 2. The number of aromatic nitrogens is 2. The van der Waals surface area contributed by atoms with Gasteiger partial charge in [-0.2, -0.15) is 4.90 Å². The molecular weight excluding hydrogens is 310 g/mol. The summed E-state index contributed by atoms with van der Waals surface area (Å²) in [6.45, 7) is 10.1. The standard InChI is InChI=1S/C17H21N3O4/c1-10-15(19-11(2)23-10)13-7-8-14(18-9-13)20(12(3)21)16(22)24-17(4,5)6/h7-9H,1-6H3. The lowest BCUT2D eigenvalue weighted by molar-refractivity contribution is -0.116. The molecule has 2 heterocycles. The van der Waals surface area contributed by atoms with E-state index in [2.05, 4.69) is 9.97 Å². The van der Waals surface area contributed by atoms with Gasteiger partial charge in [0.05, 0.1) is 0 Å². The lowest BCUT2D eigenvalue weighted by Crippen LogP contribution is -2.40. The maximum atomic E-state index is 12.2. The van der Waals surface area contributed by atoms with Crippen LogP contribution in [0.1, 0.15) is 39.3 Å². The van der Waals surface area contributed by atoms with Crippen LogP contribution in [0.25, 0.3) is 11.3 Å². The molecule has 0 aromatic carbocycles. The maximum Gasteiger partial charge on any atom is 0.422 e. The van der Waals surface area contributed by atoms with Crippen molar-refractivity contribution in [2.24, 2.45) is 0 Å². The van der Waals surface area contributed by atoms with Crippen molar-refractivity contribution in [1.82, 2.24) is 9.97 Å². The lowest BCUT2D eigenvalue weighted by Gasteiger charge is -2.24. The van der Waals surface area contributed by atoms with E-state index in [4.69, 9.17) is 9.15 Å². The maximum absolute atomic E-state index is 12.2. The van der Waals surface area contributed by atoms with Gasteiger partial charge in [0.1, 0.15) is 22.9 Å². The molecule has 0 spiro atoms. The minimum Gasteiger partial charge on any atom is -0.446 e. The van der Waals surface area contributed by atoms with E-state index in [1.807, 2.05) is 6.92 Å². The highest BCUT2D eigenvalue weighted by Gasteiger charge is 2.27. The molecule has 0 radical (unpaired) electrons. The number of aryl methyl sites for hydroxylation is 2. The number of imide groups is 1. The van der Waals surface area contributed by atoms with Crippen LogP contribution in [-0.2, 0) is 9.53 Å². The molecular formula is C17H21N3O4. The summed E-state index contributed by atoms with van der Waals surface area (Å²) in [7, 11) is 0. The number of hydrogen-bond donors (Lipinski definition) is 0. The molecule has 0 aliphatic rings. The molecule has 0 fully saturated rings. The molecule has 24 heavy (non-hydrogen) atoms. The summed E-state index contributed by atoms with van der Waals surface area (Å²) in [5.74, 6) is 0.958. The topological polar surface area (TPSA) is 85.5 Å². The van der Waals surface area contributed by atoms with Crippen LogP contribution in [-0.4, -0.2) is 27.6 Å². The Morgan fingerprint density at radius 2 is 1.88 bits per heavy atom. The minimum atomic E-state index is -0.760. The highest BCUT2D eigenvalue weighted by Crippen LogP contribution is 2.25. The van der Waals surface area contributed by atoms with Crippen LogP contribution in [0.2, 0.25) is 0 Å². The molecule has 0 aliphatic heterocycles. The summed E-state index contributed by atoms with van der Waals surface area (Å²) in [6.07, 6.45) is 0.781. The Morgan fingerprint density at radius 1 is 1.21 bits per heavy atom. The van der Waals surface area contributed by atoms with Crippen molar-refractivity contribution in [1.29, 1.82) is 0 Å². The molecule has 0 saturated carbocycles. The van der Waals surface area contributed by atoms with E-state index in [0.717, 1.165) is 10.5 Å². The van der Waals surface area contributed by atoms with Crippen LogP contribution >= 0.6 is 0 Å². The molecule has 0 bridgehead atoms. The van der Waals surface area contributed by atoms with Crippen molar-refractivity contribution in [3.05, 3.63) is 30.0 Å². The van der Waals surface area contributed by atoms with Gasteiger partial charge in [-0.15, -0.1) is 0 Å². The molecule has 0 saturated heterocycles. The van der Waals surface area contributed by atoms with Crippen LogP contribution in [0.15, 0.2) is 22.7 Å². The number of oxazole rings is 1. The number of hydrogen-bond acceptors (Lipinski definition) is 6. The van der Waals surface area contributed by atoms with Crippen molar-refractivity contribution in [3.8, 4) is 11.3 Å². The Morgan fingerprint density at radius 3 is 2.29 bits per heavy atom. The normalized spacial score (nSPS) is 11.2. The number of anilines is 1. The number of carbonyl (C=O) groups is 2. The third-order valence-corrected chi connectivity index (χ3v) is 3.04. The molecule has 0 atom stereocenters. The molecule has 0 unspecified atom stereocenters. The Balaban J connectivity index is 2.31. The Labute approximate surface area is 140 Å². The van der Waals surface area contributed by atoms with Crippen molar-refractivity contribution in [2.75, 3.05) is 4.90 Å². The highest BCUT2D eigenvalue weighted by molar-refractivity contribution is 6.10. The largest absolute Gasteiger partial charge is 0.446 e. The van der Waals surface area contributed by atoms with Crippen LogP contribution < -0.4 is 4.90 Å². The van der Waals surface area contributed by atoms with Gasteiger partial charge in [0.15, 0.2) is 5.89 Å². The number of carbonyl (C=O) groups excluding carboxylic acids is 2. The third kappa shape index (κ3) is 3.98. The summed E-state index contributed by atoms with van der Waals surface area (Å²) in [5.41, 5.74) is 0.707. The first-order valence-electron chi connectivity index (χ1n) is 7.52. The number of rotatable bonds is 2. The van der Waals surface area contributed by atoms with Gasteiger partial charge >= 0.3 is 6.09 Å². The zero-order valence-electron chi connectivity index (χ0n) is 14.7. The first kappa shape index (κ1) is 17.7. The van der Waals surface area contributed by atoms with Gasteiger partial charge in [-0.3, -0.25) is 4.79 Å². The van der Waals surface area contributed by atoms with Gasteiger partial charge in [-0.1, -0.05) is 0 Å². The predicted molar refractivity (Wildman–Crippen MR) is 88.6 cm³/mol. The molecule has 0 N–H and O–H groups in total. The van der Waals surface area contributed by atoms with E-state index < -0.39 is 17.6 Å². The monoisotopic (exact) mass is 331 g/mol. The SMILES string of the molecule is CC(=O)N(C(=O)OC(C)(C)C)c1ccc(-c2nc(C)oc2C)cn1. The van der Waals surface area contributed by atoms with E-state index in [1.165, 1.54) is 6.92 Å². The van der Waals surface area contributed by atoms with Gasteiger partial charge in [-0.25, -0.2) is 14.8 Å². The summed E-state index contributed by atoms with van der Waals surface area (Å²) < 4.78 is 10.7. The van der Waals surface area contributed by atoms with Crippen LogP contribution in [0.4, 0.5) is 10.6 Å². The Kier molecular flexibility index (Phi) is 4.73. The van der Waals surface area contributed by atoms with Gasteiger partial charge in [0.2, 0.25) is 5.91 Å². The molecule has 7 heteroatoms. The zero-order valence-corrected chi connectivity index (χ0v) is 14.7. The van der Waals surface area contributed by atoms with Crippen molar-refractivity contribution >= 4 is 17.8 Å². The van der Waals surface area contributed by atoms with E-state index in [-0.39, 0.29) is 5.82 Å². The van der Waals surface area contributed by atoms with Crippen molar-refractivity contribution in [2.45, 2.75) is 47.1 Å². The fourth-order valence-corrected chi connectivity index (χ4v) is 2.15. The molecule has 2 rings (SSSR count). The average molecular weight is 331 g/mol. The molecule has 2 aromatic rings. The van der Waals surface area contributed by atoms with Crippen molar-refractivity contribution in [3.63, 3.8) is 0 Å². The Hall–Kier alpha value is -2.70. The van der Waals surface area contributed by atoms with Crippen molar-refractivity contribution < 1.29 is 18.7 Å². The minimum absolute atomic E-state index is 0.193. The molecule has 0 aliphatic carbocycles. The molecule has 7 nitrogen and oxygen atoms in total. The molecule has 128 valence electrons. The fraction of sp³-hybridized carbons (Fsp3) is 0.412. The predicted octanol–water partition coefficient (Wildman–Crippen LogP) is 3.64. The molecule has 2 amide bonds. The second-order valence-corrected chi connectivity index (χ2v) is 6.38. The van der Waals surface area contributed by atoms with Gasteiger partial charge in [0.25, 0.3) is 0 Å². The van der Waals surface area contributed by atoms with Gasteiger partial charge < -0.3 is 9.15 Å². The van der Waals surface area contributed by atoms with E-state index in [1.54, 1.807) is 46.0 Å². The number of pyridine rings is 1. The molecule has 2 aromatic heterocycles. The third-order valence-electron chi connectivity index (χ3n) is 3.04. The Bertz CT molecular complexity index is 757. The first-order valence-corrected chi connectivity index (χ1v) is 7.52. The number of ether oxygens (including phenoxy) is 1. The highest BCUT2D eigenvalue weighted by atomic mass is 16.6. The summed E-state index contributed by atoms with van der Waals surface area (Å²) >= 11 is 0. The average Bonchev–Trinajstić information content (AvgIpc) is 2.76. The zero-order chi connectivity index (χ0) is 18.1. The van der Waals surface area contributed by atoms with Crippen LogP contribution in [0.5, 0.6) is 0 Å². The second kappa shape index (κ2) is 6.43. The lowest BCUT2D eigenvalue weighted by atomic mass is 10.2.